The van der Waals surface area contributed by atoms with Crippen molar-refractivity contribution in [3.63, 3.8) is 0 Å². The van der Waals surface area contributed by atoms with Crippen molar-refractivity contribution in [2.24, 2.45) is 4.99 Å². The Morgan fingerprint density at radius 2 is 1.81 bits per heavy atom. The van der Waals surface area contributed by atoms with E-state index in [9.17, 15) is 4.79 Å². The molecule has 0 radical (unpaired) electrons. The van der Waals surface area contributed by atoms with Gasteiger partial charge in [0.25, 0.3) is 5.91 Å². The molecule has 1 aliphatic rings. The third-order valence-corrected chi connectivity index (χ3v) is 6.29. The molecule has 0 bridgehead atoms. The Labute approximate surface area is 195 Å². The van der Waals surface area contributed by atoms with Crippen molar-refractivity contribution in [1.82, 2.24) is 5.32 Å². The third kappa shape index (κ3) is 5.24. The molecule has 1 aliphatic heterocycles. The van der Waals surface area contributed by atoms with E-state index in [0.29, 0.717) is 37.2 Å². The summed E-state index contributed by atoms with van der Waals surface area (Å²) in [6.45, 7) is 2.18. The maximum atomic E-state index is 12.4. The van der Waals surface area contributed by atoms with Crippen LogP contribution in [0.15, 0.2) is 68.9 Å². The zero-order valence-electron chi connectivity index (χ0n) is 16.8. The summed E-state index contributed by atoms with van der Waals surface area (Å²) in [6.07, 6.45) is 5.09. The molecule has 4 nitrogen and oxygen atoms in total. The van der Waals surface area contributed by atoms with Gasteiger partial charge in [-0.1, -0.05) is 54.7 Å². The highest BCUT2D eigenvalue weighted by atomic mass is 35.5. The molecule has 0 aliphatic carbocycles. The number of thioether (sulfide) groups is 1. The average Bonchev–Trinajstić information content (AvgIpc) is 3.34. The van der Waals surface area contributed by atoms with Crippen LogP contribution in [-0.2, 0) is 11.2 Å². The van der Waals surface area contributed by atoms with Crippen LogP contribution in [0.1, 0.15) is 31.1 Å². The minimum Gasteiger partial charge on any atom is -0.457 e. The fourth-order valence-electron chi connectivity index (χ4n) is 3.14. The second kappa shape index (κ2) is 9.77. The smallest absolute Gasteiger partial charge is 0.264 e. The van der Waals surface area contributed by atoms with E-state index in [1.165, 1.54) is 30.2 Å². The Morgan fingerprint density at radius 1 is 1.06 bits per heavy atom. The number of nitrogens with one attached hydrogen (secondary N) is 1. The van der Waals surface area contributed by atoms with Gasteiger partial charge in [0.2, 0.25) is 0 Å². The fraction of sp³-hybridized carbons (Fsp3) is 0.167. The molecule has 1 aromatic heterocycles. The summed E-state index contributed by atoms with van der Waals surface area (Å²) >= 11 is 13.8. The lowest BCUT2D eigenvalue weighted by atomic mass is 10.1. The van der Waals surface area contributed by atoms with Crippen LogP contribution in [0.25, 0.3) is 17.4 Å². The predicted octanol–water partition coefficient (Wildman–Crippen LogP) is 7.49. The first-order chi connectivity index (χ1) is 15.0. The lowest BCUT2D eigenvalue weighted by Gasteiger charge is -2.02. The highest BCUT2D eigenvalue weighted by molar-refractivity contribution is 8.18. The van der Waals surface area contributed by atoms with Crippen LogP contribution in [0.4, 0.5) is 5.69 Å². The van der Waals surface area contributed by atoms with Crippen LogP contribution in [0, 0.1) is 0 Å². The van der Waals surface area contributed by atoms with E-state index in [1.54, 1.807) is 36.4 Å². The summed E-state index contributed by atoms with van der Waals surface area (Å²) in [6, 6.07) is 16.9. The molecule has 2 aromatic carbocycles. The number of rotatable bonds is 6. The Kier molecular flexibility index (Phi) is 6.86. The largest absolute Gasteiger partial charge is 0.457 e. The maximum absolute atomic E-state index is 12.4. The molecule has 0 atom stereocenters. The van der Waals surface area contributed by atoms with Crippen molar-refractivity contribution in [2.45, 2.75) is 26.2 Å². The Morgan fingerprint density at radius 3 is 2.52 bits per heavy atom. The zero-order chi connectivity index (χ0) is 21.8. The first kappa shape index (κ1) is 21.8. The minimum absolute atomic E-state index is 0.211. The fourth-order valence-corrected chi connectivity index (χ4v) is 4.55. The number of aryl methyl sites for hydroxylation is 1. The van der Waals surface area contributed by atoms with Gasteiger partial charge in [-0.25, -0.2) is 4.99 Å². The summed E-state index contributed by atoms with van der Waals surface area (Å²) in [5, 5.41) is 4.35. The lowest BCUT2D eigenvalue weighted by molar-refractivity contribution is -0.115. The van der Waals surface area contributed by atoms with Crippen molar-refractivity contribution < 1.29 is 9.21 Å². The van der Waals surface area contributed by atoms with Gasteiger partial charge >= 0.3 is 0 Å². The molecule has 1 amide bonds. The van der Waals surface area contributed by atoms with Crippen molar-refractivity contribution in [3.05, 3.63) is 80.9 Å². The van der Waals surface area contributed by atoms with Crippen LogP contribution >= 0.6 is 35.0 Å². The maximum Gasteiger partial charge on any atom is 0.264 e. The number of benzene rings is 2. The molecular formula is C24H20Cl2N2O2S. The molecule has 7 heteroatoms. The van der Waals surface area contributed by atoms with Crippen LogP contribution in [-0.4, -0.2) is 11.1 Å². The van der Waals surface area contributed by atoms with Gasteiger partial charge < -0.3 is 9.73 Å². The molecule has 1 N–H and O–H groups in total. The third-order valence-electron chi connectivity index (χ3n) is 4.75. The number of furan rings is 1. The van der Waals surface area contributed by atoms with E-state index in [4.69, 9.17) is 27.6 Å². The number of aliphatic imine (C=N–C) groups is 1. The number of carbonyl (C=O) groups is 1. The topological polar surface area (TPSA) is 54.6 Å². The second-order valence-corrected chi connectivity index (χ2v) is 8.90. The molecule has 2 heterocycles. The SMILES string of the molecule is CCCCc1ccc(N=C2NC(=O)C(=Cc3ccc(-c4c(Cl)cccc4Cl)o3)S2)cc1. The van der Waals surface area contributed by atoms with Crippen LogP contribution in [0.2, 0.25) is 10.0 Å². The molecule has 0 saturated carbocycles. The van der Waals surface area contributed by atoms with Crippen molar-refractivity contribution in [2.75, 3.05) is 0 Å². The molecule has 3 aromatic rings. The quantitative estimate of drug-likeness (QED) is 0.379. The number of nitrogens with zero attached hydrogens (tertiary/aromatic N) is 1. The van der Waals surface area contributed by atoms with Gasteiger partial charge in [0.1, 0.15) is 11.5 Å². The van der Waals surface area contributed by atoms with E-state index in [1.807, 2.05) is 12.1 Å². The number of amidine groups is 1. The van der Waals surface area contributed by atoms with Crippen LogP contribution < -0.4 is 5.32 Å². The van der Waals surface area contributed by atoms with Gasteiger partial charge in [0, 0.05) is 6.08 Å². The normalized spacial score (nSPS) is 16.3. The number of hydrogen-bond donors (Lipinski definition) is 1. The number of halogens is 2. The van der Waals surface area contributed by atoms with E-state index in [-0.39, 0.29) is 5.91 Å². The molecule has 1 saturated heterocycles. The van der Waals surface area contributed by atoms with Gasteiger partial charge in [-0.3, -0.25) is 4.79 Å². The standard InChI is InChI=1S/C24H20Cl2N2O2S/c1-2-3-5-15-8-10-16(11-9-15)27-24-28-23(29)21(31-24)14-17-12-13-20(30-17)22-18(25)6-4-7-19(22)26/h4,6-14H,2-3,5H2,1H3,(H,27,28,29). The molecule has 0 unspecified atom stereocenters. The van der Waals surface area contributed by atoms with Crippen LogP contribution in [0.3, 0.4) is 0 Å². The molecule has 31 heavy (non-hydrogen) atoms. The number of hydrogen-bond acceptors (Lipinski definition) is 4. The zero-order valence-corrected chi connectivity index (χ0v) is 19.2. The summed E-state index contributed by atoms with van der Waals surface area (Å²) in [5.74, 6) is 0.866. The van der Waals surface area contributed by atoms with E-state index in [0.717, 1.165) is 12.1 Å². The molecule has 0 spiro atoms. The molecule has 4 rings (SSSR count). The average molecular weight is 471 g/mol. The second-order valence-electron chi connectivity index (χ2n) is 7.05. The highest BCUT2D eigenvalue weighted by Gasteiger charge is 2.24. The van der Waals surface area contributed by atoms with E-state index in [2.05, 4.69) is 29.4 Å². The van der Waals surface area contributed by atoms with Gasteiger partial charge in [0.05, 0.1) is 26.2 Å². The Hall–Kier alpha value is -2.47. The van der Waals surface area contributed by atoms with Crippen LogP contribution in [0.5, 0.6) is 0 Å². The predicted molar refractivity (Wildman–Crippen MR) is 130 cm³/mol. The number of carbonyl (C=O) groups excluding carboxylic acids is 1. The lowest BCUT2D eigenvalue weighted by Crippen LogP contribution is -2.19. The summed E-state index contributed by atoms with van der Waals surface area (Å²) in [5.41, 5.74) is 2.73. The Balaban J connectivity index is 1.50. The Bertz CT molecular complexity index is 1150. The summed E-state index contributed by atoms with van der Waals surface area (Å²) < 4.78 is 5.86. The minimum atomic E-state index is -0.211. The molecule has 158 valence electrons. The van der Waals surface area contributed by atoms with Crippen molar-refractivity contribution in [3.8, 4) is 11.3 Å². The number of amides is 1. The van der Waals surface area contributed by atoms with E-state index < -0.39 is 0 Å². The molecule has 1 fully saturated rings. The monoisotopic (exact) mass is 470 g/mol. The number of unbranched alkanes of at least 4 members (excludes halogenated alkanes) is 1. The van der Waals surface area contributed by atoms with E-state index >= 15 is 0 Å². The first-order valence-electron chi connectivity index (χ1n) is 9.96. The highest BCUT2D eigenvalue weighted by Crippen LogP contribution is 2.36. The first-order valence-corrected chi connectivity index (χ1v) is 11.5. The van der Waals surface area contributed by atoms with Crippen molar-refractivity contribution >= 4 is 57.8 Å². The molecular weight excluding hydrogens is 451 g/mol. The van der Waals surface area contributed by atoms with Crippen molar-refractivity contribution in [1.29, 1.82) is 0 Å². The summed E-state index contributed by atoms with van der Waals surface area (Å²) in [7, 11) is 0. The van der Waals surface area contributed by atoms with Gasteiger partial charge in [-0.05, 0) is 66.6 Å². The van der Waals surface area contributed by atoms with Gasteiger partial charge in [0.15, 0.2) is 5.17 Å². The van der Waals surface area contributed by atoms with Gasteiger partial charge in [-0.15, -0.1) is 0 Å². The summed E-state index contributed by atoms with van der Waals surface area (Å²) in [4.78, 5) is 17.4. The van der Waals surface area contributed by atoms with Gasteiger partial charge in [-0.2, -0.15) is 0 Å².